The SMILES string of the molecule is O=C1c2cc3c(cc2C(=O)c2cc4ccccc4cc21)CCCCC3. The van der Waals surface area contributed by atoms with Gasteiger partial charge in [0.2, 0.25) is 0 Å². The molecule has 2 heteroatoms. The molecule has 2 nitrogen and oxygen atoms in total. The second-order valence-electron chi connectivity index (χ2n) is 7.13. The molecule has 0 saturated heterocycles. The summed E-state index contributed by atoms with van der Waals surface area (Å²) in [4.78, 5) is 26.2. The molecule has 122 valence electrons. The first kappa shape index (κ1) is 14.6. The second-order valence-corrected chi connectivity index (χ2v) is 7.13. The van der Waals surface area contributed by atoms with Crippen molar-refractivity contribution in [1.82, 2.24) is 0 Å². The van der Waals surface area contributed by atoms with Crippen LogP contribution in [0, 0.1) is 0 Å². The molecule has 2 aliphatic rings. The van der Waals surface area contributed by atoms with E-state index in [1.165, 1.54) is 17.5 Å². The zero-order chi connectivity index (χ0) is 17.0. The molecule has 0 fully saturated rings. The Morgan fingerprint density at radius 3 is 1.48 bits per heavy atom. The quantitative estimate of drug-likeness (QED) is 0.431. The molecule has 3 aromatic carbocycles. The Hall–Kier alpha value is -2.74. The molecule has 0 saturated carbocycles. The number of hydrogen-bond donors (Lipinski definition) is 0. The summed E-state index contributed by atoms with van der Waals surface area (Å²) >= 11 is 0. The van der Waals surface area contributed by atoms with Crippen molar-refractivity contribution in [3.05, 3.63) is 81.9 Å². The standard InChI is InChI=1S/C23H18O2/c24-22-18-10-14-6-2-1-3-7-15(14)11-19(18)23(25)21-13-17-9-5-4-8-16(17)12-20(21)22/h4-5,8-13H,1-3,6-7H2. The summed E-state index contributed by atoms with van der Waals surface area (Å²) < 4.78 is 0. The Morgan fingerprint density at radius 2 is 1.00 bits per heavy atom. The van der Waals surface area contributed by atoms with Gasteiger partial charge in [0.1, 0.15) is 0 Å². The van der Waals surface area contributed by atoms with Crippen LogP contribution in [0.5, 0.6) is 0 Å². The third kappa shape index (κ3) is 2.17. The largest absolute Gasteiger partial charge is 0.289 e. The van der Waals surface area contributed by atoms with Crippen LogP contribution >= 0.6 is 0 Å². The molecule has 0 radical (unpaired) electrons. The van der Waals surface area contributed by atoms with E-state index >= 15 is 0 Å². The number of hydrogen-bond acceptors (Lipinski definition) is 2. The van der Waals surface area contributed by atoms with E-state index in [4.69, 9.17) is 0 Å². The maximum atomic E-state index is 13.1. The normalized spacial score (nSPS) is 16.2. The van der Waals surface area contributed by atoms with Crippen LogP contribution in [0.25, 0.3) is 10.8 Å². The first-order chi connectivity index (χ1) is 12.2. The molecule has 0 aliphatic heterocycles. The number of ketones is 2. The first-order valence-corrected chi connectivity index (χ1v) is 9.00. The molecule has 0 atom stereocenters. The van der Waals surface area contributed by atoms with Crippen molar-refractivity contribution in [1.29, 1.82) is 0 Å². The Morgan fingerprint density at radius 1 is 0.560 bits per heavy atom. The van der Waals surface area contributed by atoms with Crippen molar-refractivity contribution in [2.45, 2.75) is 32.1 Å². The molecular formula is C23H18O2. The van der Waals surface area contributed by atoms with Crippen LogP contribution in [-0.2, 0) is 12.8 Å². The van der Waals surface area contributed by atoms with Gasteiger partial charge >= 0.3 is 0 Å². The Bertz CT molecular complexity index is 976. The highest BCUT2D eigenvalue weighted by atomic mass is 16.1. The molecule has 0 N–H and O–H groups in total. The molecule has 0 heterocycles. The fraction of sp³-hybridized carbons (Fsp3) is 0.217. The Kier molecular flexibility index (Phi) is 3.14. The van der Waals surface area contributed by atoms with E-state index in [0.717, 1.165) is 36.5 Å². The summed E-state index contributed by atoms with van der Waals surface area (Å²) in [5, 5.41) is 2.00. The number of benzene rings is 3. The summed E-state index contributed by atoms with van der Waals surface area (Å²) in [5.41, 5.74) is 4.78. The van der Waals surface area contributed by atoms with E-state index in [2.05, 4.69) is 0 Å². The van der Waals surface area contributed by atoms with Crippen LogP contribution in [-0.4, -0.2) is 11.6 Å². The van der Waals surface area contributed by atoms with Gasteiger partial charge in [0.15, 0.2) is 11.6 Å². The number of rotatable bonds is 0. The maximum absolute atomic E-state index is 13.1. The van der Waals surface area contributed by atoms with Gasteiger partial charge in [-0.25, -0.2) is 0 Å². The molecule has 0 spiro atoms. The minimum atomic E-state index is -0.0117. The highest BCUT2D eigenvalue weighted by molar-refractivity contribution is 6.29. The lowest BCUT2D eigenvalue weighted by Gasteiger charge is -2.20. The van der Waals surface area contributed by atoms with Gasteiger partial charge in [-0.3, -0.25) is 9.59 Å². The summed E-state index contributed by atoms with van der Waals surface area (Å²) in [6, 6.07) is 15.6. The van der Waals surface area contributed by atoms with E-state index in [1.54, 1.807) is 0 Å². The molecular weight excluding hydrogens is 308 g/mol. The monoisotopic (exact) mass is 326 g/mol. The molecule has 0 aromatic heterocycles. The zero-order valence-electron chi connectivity index (χ0n) is 14.0. The number of carbonyl (C=O) groups is 2. The lowest BCUT2D eigenvalue weighted by atomic mass is 9.80. The highest BCUT2D eigenvalue weighted by Crippen LogP contribution is 2.33. The van der Waals surface area contributed by atoms with Crippen LogP contribution in [0.4, 0.5) is 0 Å². The number of aryl methyl sites for hydroxylation is 2. The summed E-state index contributed by atoms with van der Waals surface area (Å²) in [5.74, 6) is -0.0233. The van der Waals surface area contributed by atoms with E-state index < -0.39 is 0 Å². The third-order valence-corrected chi connectivity index (χ3v) is 5.60. The van der Waals surface area contributed by atoms with Crippen LogP contribution in [0.2, 0.25) is 0 Å². The van der Waals surface area contributed by atoms with Gasteiger partial charge in [0.05, 0.1) is 0 Å². The van der Waals surface area contributed by atoms with Crippen molar-refractivity contribution in [2.75, 3.05) is 0 Å². The third-order valence-electron chi connectivity index (χ3n) is 5.60. The number of carbonyl (C=O) groups excluding carboxylic acids is 2. The second kappa shape index (κ2) is 5.38. The Labute approximate surface area is 146 Å². The predicted octanol–water partition coefficient (Wildman–Crippen LogP) is 4.88. The molecule has 0 bridgehead atoms. The van der Waals surface area contributed by atoms with Gasteiger partial charge in [-0.05, 0) is 71.8 Å². The Balaban J connectivity index is 1.75. The molecule has 0 unspecified atom stereocenters. The maximum Gasteiger partial charge on any atom is 0.194 e. The molecule has 3 aromatic rings. The topological polar surface area (TPSA) is 34.1 Å². The van der Waals surface area contributed by atoms with E-state index in [0.29, 0.717) is 22.3 Å². The van der Waals surface area contributed by atoms with E-state index in [9.17, 15) is 9.59 Å². The highest BCUT2D eigenvalue weighted by Gasteiger charge is 2.31. The predicted molar refractivity (Wildman–Crippen MR) is 98.5 cm³/mol. The van der Waals surface area contributed by atoms with Gasteiger partial charge < -0.3 is 0 Å². The average molecular weight is 326 g/mol. The molecule has 0 amide bonds. The van der Waals surface area contributed by atoms with Crippen LogP contribution in [0.1, 0.15) is 62.2 Å². The van der Waals surface area contributed by atoms with Gasteiger partial charge in [0.25, 0.3) is 0 Å². The summed E-state index contributed by atoms with van der Waals surface area (Å²) in [7, 11) is 0. The fourth-order valence-corrected chi connectivity index (χ4v) is 4.24. The molecule has 2 aliphatic carbocycles. The molecule has 25 heavy (non-hydrogen) atoms. The van der Waals surface area contributed by atoms with E-state index in [-0.39, 0.29) is 11.6 Å². The van der Waals surface area contributed by atoms with Gasteiger partial charge in [0, 0.05) is 22.3 Å². The van der Waals surface area contributed by atoms with Gasteiger partial charge in [-0.15, -0.1) is 0 Å². The average Bonchev–Trinajstić information content (AvgIpc) is 2.88. The van der Waals surface area contributed by atoms with Crippen molar-refractivity contribution < 1.29 is 9.59 Å². The molecule has 5 rings (SSSR count). The van der Waals surface area contributed by atoms with Crippen LogP contribution < -0.4 is 0 Å². The number of fused-ring (bicyclic) bond motifs is 4. The minimum absolute atomic E-state index is 0.0117. The summed E-state index contributed by atoms with van der Waals surface area (Å²) in [6.45, 7) is 0. The summed E-state index contributed by atoms with van der Waals surface area (Å²) in [6.07, 6.45) is 5.56. The van der Waals surface area contributed by atoms with Crippen molar-refractivity contribution in [3.63, 3.8) is 0 Å². The first-order valence-electron chi connectivity index (χ1n) is 9.00. The van der Waals surface area contributed by atoms with E-state index in [1.807, 2.05) is 48.5 Å². The van der Waals surface area contributed by atoms with Gasteiger partial charge in [-0.1, -0.05) is 30.7 Å². The van der Waals surface area contributed by atoms with Crippen LogP contribution in [0.3, 0.4) is 0 Å². The van der Waals surface area contributed by atoms with Crippen molar-refractivity contribution >= 4 is 22.3 Å². The fourth-order valence-electron chi connectivity index (χ4n) is 4.24. The zero-order valence-corrected chi connectivity index (χ0v) is 14.0. The van der Waals surface area contributed by atoms with Gasteiger partial charge in [-0.2, -0.15) is 0 Å². The smallest absolute Gasteiger partial charge is 0.194 e. The van der Waals surface area contributed by atoms with Crippen molar-refractivity contribution in [3.8, 4) is 0 Å². The minimum Gasteiger partial charge on any atom is -0.289 e. The lowest BCUT2D eigenvalue weighted by Crippen LogP contribution is -2.22. The van der Waals surface area contributed by atoms with Crippen molar-refractivity contribution in [2.24, 2.45) is 0 Å². The lowest BCUT2D eigenvalue weighted by molar-refractivity contribution is 0.0979. The van der Waals surface area contributed by atoms with Crippen LogP contribution in [0.15, 0.2) is 48.5 Å².